The van der Waals surface area contributed by atoms with Crippen molar-refractivity contribution in [3.8, 4) is 0 Å². The maximum atomic E-state index is 12.3. The lowest BCUT2D eigenvalue weighted by atomic mass is 9.92. The number of aliphatic hydroxyl groups excluding tert-OH is 1. The number of anilines is 1. The first kappa shape index (κ1) is 14.5. The second-order valence-corrected chi connectivity index (χ2v) is 6.78. The van der Waals surface area contributed by atoms with Crippen LogP contribution in [0.25, 0.3) is 0 Å². The van der Waals surface area contributed by atoms with Crippen molar-refractivity contribution in [2.24, 2.45) is 11.8 Å². The summed E-state index contributed by atoms with van der Waals surface area (Å²) in [5, 5.41) is 15.2. The lowest BCUT2D eigenvalue weighted by molar-refractivity contribution is -0.127. The Morgan fingerprint density at radius 2 is 2.38 bits per heavy atom. The Morgan fingerprint density at radius 1 is 1.62 bits per heavy atom. The fraction of sp³-hybridized carbons (Fsp3) is 0.500. The molecule has 1 aromatic rings. The first-order valence-corrected chi connectivity index (χ1v) is 8.29. The molecule has 5 nitrogen and oxygen atoms in total. The first-order valence-electron chi connectivity index (χ1n) is 6.94. The molecule has 21 heavy (non-hydrogen) atoms. The summed E-state index contributed by atoms with van der Waals surface area (Å²) in [6.45, 7) is 0.560. The van der Waals surface area contributed by atoms with E-state index >= 15 is 0 Å². The molecule has 1 atom stereocenters. The molecule has 1 fully saturated rings. The van der Waals surface area contributed by atoms with Crippen molar-refractivity contribution in [3.05, 3.63) is 22.2 Å². The summed E-state index contributed by atoms with van der Waals surface area (Å²) in [5.41, 5.74) is 1.90. The third kappa shape index (κ3) is 3.08. The van der Waals surface area contributed by atoms with Gasteiger partial charge in [0.05, 0.1) is 5.51 Å². The van der Waals surface area contributed by atoms with Crippen molar-refractivity contribution >= 4 is 40.3 Å². The van der Waals surface area contributed by atoms with E-state index in [2.05, 4.69) is 10.3 Å². The van der Waals surface area contributed by atoms with E-state index in [1.807, 2.05) is 5.38 Å². The van der Waals surface area contributed by atoms with Crippen LogP contribution < -0.4 is 5.32 Å². The number of rotatable bonds is 4. The van der Waals surface area contributed by atoms with Gasteiger partial charge in [0.1, 0.15) is 22.1 Å². The van der Waals surface area contributed by atoms with Gasteiger partial charge in [-0.1, -0.05) is 25.1 Å². The molecule has 0 aromatic carbocycles. The number of nitrogens with zero attached hydrogens (tertiary/aromatic N) is 2. The summed E-state index contributed by atoms with van der Waals surface area (Å²) in [6, 6.07) is 0. The fourth-order valence-electron chi connectivity index (χ4n) is 2.61. The molecule has 112 valence electrons. The molecule has 2 heterocycles. The highest BCUT2D eigenvalue weighted by Gasteiger charge is 2.37. The summed E-state index contributed by atoms with van der Waals surface area (Å²) >= 11 is 6.74. The van der Waals surface area contributed by atoms with E-state index in [0.29, 0.717) is 18.3 Å². The van der Waals surface area contributed by atoms with Crippen molar-refractivity contribution in [2.75, 3.05) is 18.9 Å². The fourth-order valence-corrected chi connectivity index (χ4v) is 3.39. The molecule has 1 aromatic heterocycles. The van der Waals surface area contributed by atoms with Crippen LogP contribution in [0.4, 0.5) is 5.82 Å². The van der Waals surface area contributed by atoms with Crippen molar-refractivity contribution in [3.63, 3.8) is 0 Å². The van der Waals surface area contributed by atoms with Gasteiger partial charge in [-0.25, -0.2) is 4.98 Å². The Hall–Kier alpha value is -1.47. The summed E-state index contributed by atoms with van der Waals surface area (Å²) in [6.07, 6.45) is 3.36. The standard InChI is InChI=1S/C14H17N3O2S2/c1-17-5-9(4-8-2-3-8)12(18)11(14(17)19)13(20)16-10-6-21-7-15-10/h6-9,18H,2-5H2,1H3,(H,16,20)/t9-/m1/s1. The number of aromatic nitrogens is 1. The van der Waals surface area contributed by atoms with Crippen molar-refractivity contribution < 1.29 is 9.90 Å². The number of hydrogen-bond donors (Lipinski definition) is 2. The topological polar surface area (TPSA) is 65.5 Å². The van der Waals surface area contributed by atoms with E-state index in [0.717, 1.165) is 6.42 Å². The molecule has 3 rings (SSSR count). The van der Waals surface area contributed by atoms with Gasteiger partial charge in [-0.2, -0.15) is 0 Å². The Labute approximate surface area is 132 Å². The molecular weight excluding hydrogens is 306 g/mol. The number of carbonyl (C=O) groups is 1. The van der Waals surface area contributed by atoms with E-state index in [9.17, 15) is 9.90 Å². The van der Waals surface area contributed by atoms with Gasteiger partial charge in [-0.15, -0.1) is 11.3 Å². The number of thiocarbonyl (C=S) groups is 1. The molecule has 1 amide bonds. The molecular formula is C14H17N3O2S2. The van der Waals surface area contributed by atoms with E-state index in [4.69, 9.17) is 12.2 Å². The smallest absolute Gasteiger partial charge is 0.260 e. The third-order valence-electron chi connectivity index (χ3n) is 3.91. The van der Waals surface area contributed by atoms with Gasteiger partial charge >= 0.3 is 0 Å². The predicted molar refractivity (Wildman–Crippen MR) is 86.5 cm³/mol. The zero-order chi connectivity index (χ0) is 15.0. The lowest BCUT2D eigenvalue weighted by Crippen LogP contribution is -2.42. The number of aliphatic hydroxyl groups is 1. The highest BCUT2D eigenvalue weighted by molar-refractivity contribution is 7.81. The van der Waals surface area contributed by atoms with Crippen LogP contribution in [0.2, 0.25) is 0 Å². The molecule has 2 aliphatic rings. The van der Waals surface area contributed by atoms with Gasteiger partial charge in [-0.05, 0) is 12.3 Å². The molecule has 0 unspecified atom stereocenters. The average Bonchev–Trinajstić information content (AvgIpc) is 3.11. The van der Waals surface area contributed by atoms with Crippen LogP contribution in [0.1, 0.15) is 19.3 Å². The van der Waals surface area contributed by atoms with Crippen LogP contribution >= 0.6 is 23.6 Å². The van der Waals surface area contributed by atoms with E-state index in [-0.39, 0.29) is 28.1 Å². The molecule has 1 aliphatic heterocycles. The summed E-state index contributed by atoms with van der Waals surface area (Å²) in [7, 11) is 1.75. The normalized spacial score (nSPS) is 22.6. The van der Waals surface area contributed by atoms with E-state index in [1.165, 1.54) is 24.2 Å². The second kappa shape index (κ2) is 5.73. The monoisotopic (exact) mass is 323 g/mol. The zero-order valence-corrected chi connectivity index (χ0v) is 13.3. The van der Waals surface area contributed by atoms with Gasteiger partial charge < -0.3 is 15.3 Å². The molecule has 1 aliphatic carbocycles. The second-order valence-electron chi connectivity index (χ2n) is 5.65. The number of likely N-dealkylation sites (N-methyl/N-ethyl adjacent to an activating group) is 1. The summed E-state index contributed by atoms with van der Waals surface area (Å²) in [5.74, 6) is 1.18. The van der Waals surface area contributed by atoms with Crippen LogP contribution in [0.3, 0.4) is 0 Å². The largest absolute Gasteiger partial charge is 0.511 e. The van der Waals surface area contributed by atoms with Crippen LogP contribution in [0.15, 0.2) is 22.2 Å². The maximum absolute atomic E-state index is 12.3. The Bertz CT molecular complexity index is 593. The van der Waals surface area contributed by atoms with Crippen molar-refractivity contribution in [1.82, 2.24) is 9.88 Å². The van der Waals surface area contributed by atoms with Gasteiger partial charge in [-0.3, -0.25) is 4.79 Å². The van der Waals surface area contributed by atoms with Gasteiger partial charge in [0.2, 0.25) is 0 Å². The van der Waals surface area contributed by atoms with Gasteiger partial charge in [0.25, 0.3) is 5.91 Å². The van der Waals surface area contributed by atoms with Crippen LogP contribution in [-0.4, -0.2) is 39.5 Å². The van der Waals surface area contributed by atoms with Crippen LogP contribution in [-0.2, 0) is 4.79 Å². The Morgan fingerprint density at radius 3 is 3.00 bits per heavy atom. The Kier molecular flexibility index (Phi) is 3.95. The lowest BCUT2D eigenvalue weighted by Gasteiger charge is -2.31. The molecule has 1 saturated carbocycles. The SMILES string of the molecule is CN1C[C@@H](CC2CC2)C(O)=C(C(=S)Nc2cscn2)C1=O. The number of carbonyl (C=O) groups excluding carboxylic acids is 1. The minimum atomic E-state index is -0.229. The van der Waals surface area contributed by atoms with Crippen molar-refractivity contribution in [2.45, 2.75) is 19.3 Å². The maximum Gasteiger partial charge on any atom is 0.260 e. The summed E-state index contributed by atoms with van der Waals surface area (Å²) < 4.78 is 0. The van der Waals surface area contributed by atoms with E-state index in [1.54, 1.807) is 17.5 Å². The highest BCUT2D eigenvalue weighted by Crippen LogP contribution is 2.39. The predicted octanol–water partition coefficient (Wildman–Crippen LogP) is 2.58. The number of nitrogens with one attached hydrogen (secondary N) is 1. The quantitative estimate of drug-likeness (QED) is 0.834. The number of amides is 1. The van der Waals surface area contributed by atoms with Crippen LogP contribution in [0, 0.1) is 11.8 Å². The minimum absolute atomic E-state index is 0.00890. The molecule has 2 N–H and O–H groups in total. The number of thiazole rings is 1. The molecule has 0 bridgehead atoms. The average molecular weight is 323 g/mol. The molecule has 0 spiro atoms. The summed E-state index contributed by atoms with van der Waals surface area (Å²) in [4.78, 5) is 18.3. The molecule has 0 radical (unpaired) electrons. The first-order chi connectivity index (χ1) is 10.1. The molecule has 7 heteroatoms. The van der Waals surface area contributed by atoms with Crippen LogP contribution in [0.5, 0.6) is 0 Å². The third-order valence-corrected chi connectivity index (χ3v) is 4.81. The van der Waals surface area contributed by atoms with Gasteiger partial charge in [0, 0.05) is 24.9 Å². The van der Waals surface area contributed by atoms with Crippen molar-refractivity contribution in [1.29, 1.82) is 0 Å². The highest BCUT2D eigenvalue weighted by atomic mass is 32.1. The minimum Gasteiger partial charge on any atom is -0.511 e. The number of hydrogen-bond acceptors (Lipinski definition) is 5. The van der Waals surface area contributed by atoms with Gasteiger partial charge in [0.15, 0.2) is 0 Å². The Balaban J connectivity index is 1.83. The molecule has 0 saturated heterocycles. The van der Waals surface area contributed by atoms with E-state index < -0.39 is 0 Å². The zero-order valence-electron chi connectivity index (χ0n) is 11.7.